The van der Waals surface area contributed by atoms with Gasteiger partial charge in [-0.05, 0) is 97.1 Å². The van der Waals surface area contributed by atoms with E-state index in [0.29, 0.717) is 0 Å². The number of fused-ring (bicyclic) bond motifs is 8. The Morgan fingerprint density at radius 2 is 0.784 bits per heavy atom. The van der Waals surface area contributed by atoms with Crippen molar-refractivity contribution in [3.63, 3.8) is 0 Å². The molecule has 6 nitrogen and oxygen atoms in total. The van der Waals surface area contributed by atoms with Crippen LogP contribution < -0.4 is 0 Å². The molecule has 8 bridgehead atoms. The van der Waals surface area contributed by atoms with Crippen molar-refractivity contribution in [1.82, 2.24) is 29.9 Å². The fraction of sp³-hybridized carbons (Fsp3) is 0. The molecular weight excluding hydrogens is 508 g/mol. The number of H-pyrrole nitrogens is 2. The quantitative estimate of drug-likeness (QED) is 0.229. The molecule has 7 rings (SSSR count). The number of hydrogen-bond acceptors (Lipinski definition) is 4. The molecule has 7 heteroatoms. The number of aromatic nitrogens is 6. The summed E-state index contributed by atoms with van der Waals surface area (Å²) in [7, 11) is 0. The van der Waals surface area contributed by atoms with Crippen LogP contribution in [-0.2, 0) is 17.1 Å². The number of rotatable bonds is 1. The van der Waals surface area contributed by atoms with Crippen molar-refractivity contribution in [2.75, 3.05) is 0 Å². The normalized spacial score (nSPS) is 11.4. The summed E-state index contributed by atoms with van der Waals surface area (Å²) in [4.78, 5) is 24.4. The third-order valence-electron chi connectivity index (χ3n) is 5.63. The van der Waals surface area contributed by atoms with E-state index in [4.69, 9.17) is 0 Å². The molecule has 1 radical (unpaired) electrons. The number of pyridine rings is 2. The molecule has 0 saturated heterocycles. The van der Waals surface area contributed by atoms with Crippen LogP contribution in [0.3, 0.4) is 0 Å². The average Bonchev–Trinajstić information content (AvgIpc) is 3.72. The zero-order valence-corrected chi connectivity index (χ0v) is 20.6. The second-order valence-electron chi connectivity index (χ2n) is 8.34. The molecule has 0 saturated carbocycles. The van der Waals surface area contributed by atoms with Crippen LogP contribution in [0.5, 0.6) is 0 Å². The van der Waals surface area contributed by atoms with Gasteiger partial charge in [0.15, 0.2) is 0 Å². The molecule has 183 valence electrons. The largest absolute Gasteiger partial charge is 0.355 e. The molecule has 0 atom stereocenters. The average molecular weight is 530 g/mol. The van der Waals surface area contributed by atoms with Gasteiger partial charge in [-0.15, -0.1) is 0 Å². The summed E-state index contributed by atoms with van der Waals surface area (Å²) < 4.78 is 0. The fourth-order valence-corrected chi connectivity index (χ4v) is 3.97. The van der Waals surface area contributed by atoms with Crippen molar-refractivity contribution in [2.24, 2.45) is 0 Å². The molecule has 0 aliphatic carbocycles. The summed E-state index contributed by atoms with van der Waals surface area (Å²) in [6, 6.07) is 28.0. The summed E-state index contributed by atoms with van der Waals surface area (Å²) in [6.45, 7) is 0. The Kier molecular flexibility index (Phi) is 7.17. The van der Waals surface area contributed by atoms with Crippen LogP contribution in [0.2, 0.25) is 0 Å². The van der Waals surface area contributed by atoms with Gasteiger partial charge in [-0.1, -0.05) is 12.1 Å². The minimum absolute atomic E-state index is 0. The van der Waals surface area contributed by atoms with Gasteiger partial charge in [-0.25, -0.2) is 9.97 Å². The first-order valence-corrected chi connectivity index (χ1v) is 11.6. The zero-order valence-electron chi connectivity index (χ0n) is 19.6. The smallest absolute Gasteiger partial charge is 0.0886 e. The van der Waals surface area contributed by atoms with Gasteiger partial charge in [0.25, 0.3) is 0 Å². The topological polar surface area (TPSA) is 83.1 Å². The van der Waals surface area contributed by atoms with Crippen LogP contribution in [0.4, 0.5) is 0 Å². The third kappa shape index (κ3) is 5.98. The van der Waals surface area contributed by atoms with E-state index in [0.717, 1.165) is 56.2 Å². The number of nitrogens with zero attached hydrogens (tertiary/aromatic N) is 4. The molecule has 0 amide bonds. The van der Waals surface area contributed by atoms with Crippen molar-refractivity contribution in [2.45, 2.75) is 0 Å². The molecule has 37 heavy (non-hydrogen) atoms. The first kappa shape index (κ1) is 24.1. The SMILES string of the molecule is C1=Cc2cc3ccc(cc4nc(cc5ccc(cc1n2)[nH]5)C=C4)[nH]3.[Cu].c1ccc(-c2ccccn2)nc1. The summed E-state index contributed by atoms with van der Waals surface area (Å²) in [6.07, 6.45) is 11.6. The summed E-state index contributed by atoms with van der Waals surface area (Å²) >= 11 is 0. The Balaban J connectivity index is 0.000000183. The predicted molar refractivity (Wildman–Crippen MR) is 146 cm³/mol. The van der Waals surface area contributed by atoms with Gasteiger partial charge < -0.3 is 9.97 Å². The number of hydrogen-bond donors (Lipinski definition) is 2. The van der Waals surface area contributed by atoms with Gasteiger partial charge in [-0.2, -0.15) is 0 Å². The standard InChI is InChI=1S/C20H14N4.C10H8N2.Cu/c1-2-14-10-16-5-6-18(23-16)12-20-8-7-19(24-20)11-17-4-3-15(22-17)9-13(1)21-14;1-3-7-11-9(5-1)10-6-2-4-8-12-10;/h1-12,21,24H;1-8H;. The van der Waals surface area contributed by atoms with Crippen molar-refractivity contribution in [3.8, 4) is 11.4 Å². The third-order valence-corrected chi connectivity index (χ3v) is 5.63. The number of aromatic amines is 2. The van der Waals surface area contributed by atoms with Crippen molar-refractivity contribution in [1.29, 1.82) is 0 Å². The van der Waals surface area contributed by atoms with Crippen LogP contribution in [0.25, 0.3) is 57.8 Å². The van der Waals surface area contributed by atoms with Crippen molar-refractivity contribution >= 4 is 46.4 Å². The van der Waals surface area contributed by atoms with Crippen LogP contribution in [0.15, 0.2) is 97.3 Å². The Morgan fingerprint density at radius 3 is 1.08 bits per heavy atom. The van der Waals surface area contributed by atoms with E-state index >= 15 is 0 Å². The van der Waals surface area contributed by atoms with Crippen molar-refractivity contribution in [3.05, 3.63) is 120 Å². The summed E-state index contributed by atoms with van der Waals surface area (Å²) in [5.41, 5.74) is 9.69. The fourth-order valence-electron chi connectivity index (χ4n) is 3.97. The maximum atomic E-state index is 4.63. The Hall–Kier alpha value is -4.58. The molecule has 0 unspecified atom stereocenters. The van der Waals surface area contributed by atoms with E-state index < -0.39 is 0 Å². The first-order chi connectivity index (χ1) is 17.8. The summed E-state index contributed by atoms with van der Waals surface area (Å²) in [5, 5.41) is 0. The Labute approximate surface area is 224 Å². The minimum Gasteiger partial charge on any atom is -0.355 e. The van der Waals surface area contributed by atoms with Gasteiger partial charge in [0.05, 0.1) is 34.2 Å². The molecule has 7 heterocycles. The van der Waals surface area contributed by atoms with E-state index in [2.05, 4.69) is 54.2 Å². The van der Waals surface area contributed by atoms with Gasteiger partial charge >= 0.3 is 0 Å². The molecule has 0 spiro atoms. The van der Waals surface area contributed by atoms with Gasteiger partial charge in [-0.3, -0.25) is 9.97 Å². The second kappa shape index (κ2) is 11.0. The minimum atomic E-state index is 0. The molecule has 2 aliphatic heterocycles. The molecule has 5 aromatic rings. The second-order valence-corrected chi connectivity index (χ2v) is 8.34. The monoisotopic (exact) mass is 529 g/mol. The first-order valence-electron chi connectivity index (χ1n) is 11.6. The van der Waals surface area contributed by atoms with E-state index in [1.807, 2.05) is 85.0 Å². The van der Waals surface area contributed by atoms with Crippen LogP contribution in [0.1, 0.15) is 22.8 Å². The van der Waals surface area contributed by atoms with E-state index in [-0.39, 0.29) is 17.1 Å². The van der Waals surface area contributed by atoms with Gasteiger partial charge in [0.2, 0.25) is 0 Å². The molecule has 0 aromatic carbocycles. The van der Waals surface area contributed by atoms with E-state index in [1.54, 1.807) is 12.4 Å². The zero-order chi connectivity index (χ0) is 24.2. The van der Waals surface area contributed by atoms with Gasteiger partial charge in [0, 0.05) is 51.5 Å². The maximum Gasteiger partial charge on any atom is 0.0886 e. The predicted octanol–water partition coefficient (Wildman–Crippen LogP) is 6.80. The van der Waals surface area contributed by atoms with E-state index in [1.165, 1.54) is 0 Å². The van der Waals surface area contributed by atoms with E-state index in [9.17, 15) is 0 Å². The van der Waals surface area contributed by atoms with Gasteiger partial charge in [0.1, 0.15) is 0 Å². The Bertz CT molecular complexity index is 1520. The molecule has 5 aromatic heterocycles. The number of nitrogens with one attached hydrogen (secondary N) is 2. The summed E-state index contributed by atoms with van der Waals surface area (Å²) in [5.74, 6) is 0. The van der Waals surface area contributed by atoms with Crippen molar-refractivity contribution < 1.29 is 17.1 Å². The molecular formula is C30H22CuN6. The Morgan fingerprint density at radius 1 is 0.432 bits per heavy atom. The van der Waals surface area contributed by atoms with Crippen LogP contribution >= 0.6 is 0 Å². The van der Waals surface area contributed by atoms with Crippen LogP contribution in [0, 0.1) is 0 Å². The molecule has 2 aliphatic rings. The maximum absolute atomic E-state index is 4.63. The van der Waals surface area contributed by atoms with Crippen LogP contribution in [-0.4, -0.2) is 29.9 Å². The molecule has 0 fully saturated rings. The molecule has 2 N–H and O–H groups in total.